The fourth-order valence-electron chi connectivity index (χ4n) is 1.54. The van der Waals surface area contributed by atoms with E-state index in [1.165, 1.54) is 6.07 Å². The molecule has 1 heterocycles. The number of halogens is 2. The van der Waals surface area contributed by atoms with Gasteiger partial charge in [0.1, 0.15) is 5.15 Å². The van der Waals surface area contributed by atoms with Gasteiger partial charge in [-0.2, -0.15) is 0 Å². The molecule has 4 nitrogen and oxygen atoms in total. The third-order valence-corrected chi connectivity index (χ3v) is 2.76. The van der Waals surface area contributed by atoms with E-state index in [2.05, 4.69) is 4.98 Å². The van der Waals surface area contributed by atoms with E-state index in [0.29, 0.717) is 16.0 Å². The van der Waals surface area contributed by atoms with Crippen LogP contribution in [-0.2, 0) is 0 Å². The summed E-state index contributed by atoms with van der Waals surface area (Å²) in [6.45, 7) is 1.65. The second-order valence-electron chi connectivity index (χ2n) is 3.31. The summed E-state index contributed by atoms with van der Waals surface area (Å²) in [6, 6.07) is 4.80. The van der Waals surface area contributed by atoms with E-state index in [1.807, 2.05) is 0 Å². The Morgan fingerprint density at radius 2 is 2.06 bits per heavy atom. The fourth-order valence-corrected chi connectivity index (χ4v) is 2.04. The Balaban J connectivity index is 2.97. The van der Waals surface area contributed by atoms with Gasteiger partial charge in [0.15, 0.2) is 5.52 Å². The molecule has 0 aliphatic carbocycles. The molecule has 0 fully saturated rings. The fraction of sp³-hybridized carbons (Fsp3) is 0.100. The summed E-state index contributed by atoms with van der Waals surface area (Å²) in [5.74, 6) is 0. The van der Waals surface area contributed by atoms with Gasteiger partial charge in [-0.05, 0) is 13.0 Å². The lowest BCUT2D eigenvalue weighted by Crippen LogP contribution is -1.95. The average molecular weight is 257 g/mol. The maximum atomic E-state index is 10.9. The highest BCUT2D eigenvalue weighted by Gasteiger charge is 2.18. The van der Waals surface area contributed by atoms with Crippen molar-refractivity contribution in [3.63, 3.8) is 0 Å². The molecular formula is C10H6Cl2N2O2. The maximum Gasteiger partial charge on any atom is 0.298 e. The first-order valence-corrected chi connectivity index (χ1v) is 5.16. The summed E-state index contributed by atoms with van der Waals surface area (Å²) in [5, 5.41) is 12.0. The average Bonchev–Trinajstić information content (AvgIpc) is 2.15. The number of hydrogen-bond donors (Lipinski definition) is 0. The third kappa shape index (κ3) is 1.70. The van der Waals surface area contributed by atoms with Crippen molar-refractivity contribution in [1.29, 1.82) is 0 Å². The third-order valence-electron chi connectivity index (χ3n) is 2.26. The SMILES string of the molecule is Cc1ccc2c(Cl)cc(Cl)nc2c1[N+](=O)[O-]. The summed E-state index contributed by atoms with van der Waals surface area (Å²) in [6.07, 6.45) is 0. The van der Waals surface area contributed by atoms with Gasteiger partial charge in [-0.15, -0.1) is 0 Å². The van der Waals surface area contributed by atoms with Gasteiger partial charge in [0.05, 0.1) is 9.95 Å². The van der Waals surface area contributed by atoms with Gasteiger partial charge in [-0.3, -0.25) is 10.1 Å². The highest BCUT2D eigenvalue weighted by molar-refractivity contribution is 6.38. The molecule has 2 aromatic rings. The van der Waals surface area contributed by atoms with Gasteiger partial charge in [-0.25, -0.2) is 4.98 Å². The molecule has 0 aliphatic heterocycles. The number of nitrogens with zero attached hydrogens (tertiary/aromatic N) is 2. The van der Waals surface area contributed by atoms with Crippen LogP contribution in [0.4, 0.5) is 5.69 Å². The van der Waals surface area contributed by atoms with E-state index in [4.69, 9.17) is 23.2 Å². The Labute approximate surface area is 101 Å². The normalized spacial score (nSPS) is 10.7. The summed E-state index contributed by atoms with van der Waals surface area (Å²) < 4.78 is 0. The summed E-state index contributed by atoms with van der Waals surface area (Å²) >= 11 is 11.7. The Morgan fingerprint density at radius 3 is 2.69 bits per heavy atom. The first-order chi connectivity index (χ1) is 7.50. The van der Waals surface area contributed by atoms with Gasteiger partial charge >= 0.3 is 0 Å². The van der Waals surface area contributed by atoms with Crippen LogP contribution in [0.25, 0.3) is 10.9 Å². The number of pyridine rings is 1. The molecule has 0 aliphatic rings. The molecule has 0 radical (unpaired) electrons. The minimum Gasteiger partial charge on any atom is -0.258 e. The molecule has 0 saturated carbocycles. The minimum atomic E-state index is -0.475. The Hall–Kier alpha value is -1.39. The number of aromatic nitrogens is 1. The van der Waals surface area contributed by atoms with Gasteiger partial charge in [0.25, 0.3) is 5.69 Å². The van der Waals surface area contributed by atoms with Crippen molar-refractivity contribution >= 4 is 39.8 Å². The van der Waals surface area contributed by atoms with E-state index in [0.717, 1.165) is 0 Å². The monoisotopic (exact) mass is 256 g/mol. The topological polar surface area (TPSA) is 56.0 Å². The number of nitro groups is 1. The van der Waals surface area contributed by atoms with Crippen molar-refractivity contribution in [2.75, 3.05) is 0 Å². The number of hydrogen-bond acceptors (Lipinski definition) is 3. The van der Waals surface area contributed by atoms with Crippen LogP contribution >= 0.6 is 23.2 Å². The van der Waals surface area contributed by atoms with Crippen molar-refractivity contribution in [2.45, 2.75) is 6.92 Å². The van der Waals surface area contributed by atoms with E-state index >= 15 is 0 Å². The van der Waals surface area contributed by atoms with E-state index in [1.54, 1.807) is 19.1 Å². The largest absolute Gasteiger partial charge is 0.298 e. The number of nitro benzene ring substituents is 1. The number of aryl methyl sites for hydroxylation is 1. The second kappa shape index (κ2) is 3.88. The maximum absolute atomic E-state index is 10.9. The zero-order valence-corrected chi connectivity index (χ0v) is 9.71. The van der Waals surface area contributed by atoms with Crippen LogP contribution in [0.15, 0.2) is 18.2 Å². The summed E-state index contributed by atoms with van der Waals surface area (Å²) in [7, 11) is 0. The second-order valence-corrected chi connectivity index (χ2v) is 4.11. The molecule has 0 N–H and O–H groups in total. The summed E-state index contributed by atoms with van der Waals surface area (Å²) in [5.41, 5.74) is 0.702. The Bertz CT molecular complexity index is 599. The molecule has 0 saturated heterocycles. The number of rotatable bonds is 1. The minimum absolute atomic E-state index is 0.0538. The zero-order chi connectivity index (χ0) is 11.9. The van der Waals surface area contributed by atoms with Crippen molar-refractivity contribution in [3.8, 4) is 0 Å². The Kier molecular flexibility index (Phi) is 2.69. The van der Waals surface area contributed by atoms with Gasteiger partial charge in [-0.1, -0.05) is 35.3 Å². The molecule has 2 rings (SSSR count). The standard InChI is InChI=1S/C10H6Cl2N2O2/c1-5-2-3-6-7(11)4-8(12)13-9(6)10(5)14(15)16/h2-4H,1H3. The molecule has 0 bridgehead atoms. The first kappa shape index (κ1) is 11.1. The lowest BCUT2D eigenvalue weighted by atomic mass is 10.1. The molecule has 1 aromatic carbocycles. The molecule has 1 aromatic heterocycles. The smallest absolute Gasteiger partial charge is 0.258 e. The molecule has 0 atom stereocenters. The predicted molar refractivity (Wildman–Crippen MR) is 63.2 cm³/mol. The molecule has 0 spiro atoms. The van der Waals surface area contributed by atoms with Gasteiger partial charge in [0, 0.05) is 10.9 Å². The van der Waals surface area contributed by atoms with E-state index in [9.17, 15) is 10.1 Å². The highest BCUT2D eigenvalue weighted by Crippen LogP contribution is 2.33. The van der Waals surface area contributed by atoms with Crippen molar-refractivity contribution in [2.24, 2.45) is 0 Å². The van der Waals surface area contributed by atoms with Crippen molar-refractivity contribution in [3.05, 3.63) is 44.1 Å². The molecule has 0 amide bonds. The predicted octanol–water partition coefficient (Wildman–Crippen LogP) is 3.76. The quantitative estimate of drug-likeness (QED) is 0.444. The van der Waals surface area contributed by atoms with Crippen LogP contribution in [0.5, 0.6) is 0 Å². The zero-order valence-electron chi connectivity index (χ0n) is 8.20. The van der Waals surface area contributed by atoms with Gasteiger partial charge in [0.2, 0.25) is 0 Å². The van der Waals surface area contributed by atoms with Crippen LogP contribution in [0.3, 0.4) is 0 Å². The van der Waals surface area contributed by atoms with Crippen molar-refractivity contribution in [1.82, 2.24) is 4.98 Å². The number of fused-ring (bicyclic) bond motifs is 1. The highest BCUT2D eigenvalue weighted by atomic mass is 35.5. The van der Waals surface area contributed by atoms with Gasteiger partial charge < -0.3 is 0 Å². The van der Waals surface area contributed by atoms with Crippen molar-refractivity contribution < 1.29 is 4.92 Å². The van der Waals surface area contributed by atoms with E-state index in [-0.39, 0.29) is 16.4 Å². The number of benzene rings is 1. The molecule has 6 heteroatoms. The first-order valence-electron chi connectivity index (χ1n) is 4.40. The van der Waals surface area contributed by atoms with E-state index < -0.39 is 4.92 Å². The molecule has 82 valence electrons. The molecule has 16 heavy (non-hydrogen) atoms. The Morgan fingerprint density at radius 1 is 1.38 bits per heavy atom. The van der Waals surface area contributed by atoms with Crippen LogP contribution in [0, 0.1) is 17.0 Å². The lowest BCUT2D eigenvalue weighted by molar-refractivity contribution is -0.383. The molecular weight excluding hydrogens is 251 g/mol. The van der Waals surface area contributed by atoms with Crippen LogP contribution < -0.4 is 0 Å². The van der Waals surface area contributed by atoms with Crippen LogP contribution in [0.2, 0.25) is 10.2 Å². The van der Waals surface area contributed by atoms with Crippen LogP contribution in [-0.4, -0.2) is 9.91 Å². The van der Waals surface area contributed by atoms with Crippen LogP contribution in [0.1, 0.15) is 5.56 Å². The molecule has 0 unspecified atom stereocenters. The summed E-state index contributed by atoms with van der Waals surface area (Å²) in [4.78, 5) is 14.4. The lowest BCUT2D eigenvalue weighted by Gasteiger charge is -2.04.